The number of ether oxygens (including phenoxy) is 5. The Hall–Kier alpha value is -2.38. The van der Waals surface area contributed by atoms with Crippen LogP contribution in [0.15, 0.2) is 11.6 Å². The van der Waals surface area contributed by atoms with Crippen LogP contribution in [0.2, 0.25) is 0 Å². The number of allylic oxidation sites excluding steroid dienone is 1. The molecule has 13 atom stereocenters. The Labute approximate surface area is 288 Å². The predicted octanol–water partition coefficient (Wildman–Crippen LogP) is 4.50. The number of rotatable bonds is 15. The zero-order valence-electron chi connectivity index (χ0n) is 29.4. The Kier molecular flexibility index (Phi) is 9.89. The van der Waals surface area contributed by atoms with Gasteiger partial charge in [0.1, 0.15) is 11.7 Å². The maximum atomic E-state index is 13.8. The molecule has 0 aromatic heterocycles. The number of hydrogen-bond donors (Lipinski definition) is 3. The van der Waals surface area contributed by atoms with Crippen LogP contribution in [0.1, 0.15) is 98.3 Å². The van der Waals surface area contributed by atoms with Crippen molar-refractivity contribution in [2.24, 2.45) is 45.8 Å². The van der Waals surface area contributed by atoms with Gasteiger partial charge in [0.05, 0.1) is 18.1 Å². The molecule has 0 radical (unpaired) electrons. The van der Waals surface area contributed by atoms with Crippen molar-refractivity contribution >= 4 is 24.2 Å². The van der Waals surface area contributed by atoms with Crippen molar-refractivity contribution in [1.29, 1.82) is 0 Å². The van der Waals surface area contributed by atoms with E-state index in [1.807, 2.05) is 13.8 Å². The molecule has 4 aliphatic carbocycles. The number of methoxy groups -OCH3 is 1. The van der Waals surface area contributed by atoms with Crippen molar-refractivity contribution in [2.45, 2.75) is 135 Å². The Morgan fingerprint density at radius 1 is 1.08 bits per heavy atom. The largest absolute Gasteiger partial charge is 0.481 e. The van der Waals surface area contributed by atoms with E-state index in [1.165, 1.54) is 7.11 Å². The summed E-state index contributed by atoms with van der Waals surface area (Å²) in [5.74, 6) is -4.13. The molecule has 6 rings (SSSR count). The molecule has 3 saturated carbocycles. The van der Waals surface area contributed by atoms with Crippen molar-refractivity contribution in [2.75, 3.05) is 13.7 Å². The number of carbonyl (C=O) groups is 4. The van der Waals surface area contributed by atoms with Gasteiger partial charge in [-0.3, -0.25) is 9.59 Å². The Morgan fingerprint density at radius 2 is 1.80 bits per heavy atom. The maximum Gasteiger partial charge on any atom is 0.338 e. The number of carbonyl (C=O) groups excluding carboxylic acids is 2. The van der Waals surface area contributed by atoms with Gasteiger partial charge in [0.15, 0.2) is 24.6 Å². The molecule has 12 heteroatoms. The van der Waals surface area contributed by atoms with Crippen LogP contribution in [0.25, 0.3) is 0 Å². The number of unbranched alkanes of at least 4 members (excludes halogenated alkanes) is 4. The number of carboxylic acid groups (broad SMARTS) is 2. The van der Waals surface area contributed by atoms with Crippen LogP contribution in [-0.4, -0.2) is 89.7 Å². The molecule has 0 aromatic rings. The summed E-state index contributed by atoms with van der Waals surface area (Å²) in [5, 5.41) is 32.0. The second kappa shape index (κ2) is 13.3. The van der Waals surface area contributed by atoms with Crippen molar-refractivity contribution in [1.82, 2.24) is 0 Å². The molecule has 3 unspecified atom stereocenters. The van der Waals surface area contributed by atoms with E-state index in [0.717, 1.165) is 44.0 Å². The molecule has 12 nitrogen and oxygen atoms in total. The first-order chi connectivity index (χ1) is 23.3. The SMILES string of the molecule is CO[C@@H]1[C@@H](C)O[C@@H](OC[C@@]23CC4[C@H](C)CC[C@H]4[C@]4(C=O)C[C@H]2C=C(C(C)C)[C@@]34C(=O)O)[C@@H](O)C12OC(=O)C(CCCCCCCC(=O)O)O2. The van der Waals surface area contributed by atoms with Crippen molar-refractivity contribution in [3.8, 4) is 0 Å². The van der Waals surface area contributed by atoms with Crippen molar-refractivity contribution in [3.63, 3.8) is 0 Å². The number of aldehydes is 1. The van der Waals surface area contributed by atoms with E-state index in [4.69, 9.17) is 28.8 Å². The van der Waals surface area contributed by atoms with Crippen LogP contribution in [-0.2, 0) is 42.9 Å². The lowest BCUT2D eigenvalue weighted by molar-refractivity contribution is -0.386. The number of aliphatic carboxylic acids is 2. The van der Waals surface area contributed by atoms with Crippen LogP contribution >= 0.6 is 0 Å². The first-order valence-electron chi connectivity index (χ1n) is 18.3. The summed E-state index contributed by atoms with van der Waals surface area (Å²) in [6, 6.07) is 0. The first-order valence-corrected chi connectivity index (χ1v) is 18.3. The molecule has 2 heterocycles. The van der Waals surface area contributed by atoms with Gasteiger partial charge in [-0.05, 0) is 68.6 Å². The summed E-state index contributed by atoms with van der Waals surface area (Å²) in [6.07, 6.45) is 4.42. The van der Waals surface area contributed by atoms with Crippen LogP contribution in [0.3, 0.4) is 0 Å². The number of hydrogen-bond acceptors (Lipinski definition) is 10. The average molecular weight is 691 g/mol. The zero-order chi connectivity index (χ0) is 35.5. The number of aliphatic hydroxyl groups excluding tert-OH is 1. The van der Waals surface area contributed by atoms with E-state index < -0.39 is 70.6 Å². The lowest BCUT2D eigenvalue weighted by Gasteiger charge is -2.58. The number of carboxylic acids is 2. The number of esters is 1. The van der Waals surface area contributed by atoms with E-state index in [1.54, 1.807) is 6.92 Å². The minimum absolute atomic E-state index is 0.0214. The van der Waals surface area contributed by atoms with Gasteiger partial charge in [-0.25, -0.2) is 4.79 Å². The van der Waals surface area contributed by atoms with Gasteiger partial charge in [0, 0.05) is 18.9 Å². The molecule has 2 aliphatic heterocycles. The third-order valence-electron chi connectivity index (χ3n) is 13.4. The summed E-state index contributed by atoms with van der Waals surface area (Å²) in [7, 11) is 1.42. The van der Waals surface area contributed by atoms with E-state index in [0.29, 0.717) is 38.0 Å². The van der Waals surface area contributed by atoms with Crippen LogP contribution in [0.4, 0.5) is 0 Å². The molecule has 0 amide bonds. The second-order valence-corrected chi connectivity index (χ2v) is 16.1. The van der Waals surface area contributed by atoms with Gasteiger partial charge in [0.25, 0.3) is 5.79 Å². The molecule has 1 spiro atoms. The molecule has 4 bridgehead atoms. The lowest BCUT2D eigenvalue weighted by atomic mass is 9.43. The lowest BCUT2D eigenvalue weighted by Crippen LogP contribution is -2.68. The van der Waals surface area contributed by atoms with E-state index in [-0.39, 0.29) is 36.7 Å². The fourth-order valence-corrected chi connectivity index (χ4v) is 11.5. The predicted molar refractivity (Wildman–Crippen MR) is 173 cm³/mol. The minimum Gasteiger partial charge on any atom is -0.481 e. The van der Waals surface area contributed by atoms with Crippen molar-refractivity contribution < 1.29 is 58.2 Å². The summed E-state index contributed by atoms with van der Waals surface area (Å²) in [6.45, 7) is 7.82. The average Bonchev–Trinajstić information content (AvgIpc) is 3.72. The highest BCUT2D eigenvalue weighted by Gasteiger charge is 2.84. The summed E-state index contributed by atoms with van der Waals surface area (Å²) in [5.41, 5.74) is -2.64. The third-order valence-corrected chi connectivity index (χ3v) is 13.4. The zero-order valence-corrected chi connectivity index (χ0v) is 29.4. The van der Waals surface area contributed by atoms with Gasteiger partial charge in [-0.1, -0.05) is 64.5 Å². The Morgan fingerprint density at radius 3 is 2.45 bits per heavy atom. The Bertz CT molecular complexity index is 1350. The fourth-order valence-electron chi connectivity index (χ4n) is 11.5. The second-order valence-electron chi connectivity index (χ2n) is 16.1. The Balaban J connectivity index is 1.23. The quantitative estimate of drug-likeness (QED) is 0.0951. The molecule has 0 aromatic carbocycles. The highest BCUT2D eigenvalue weighted by Crippen LogP contribution is 2.82. The number of aliphatic hydroxyl groups is 1. The summed E-state index contributed by atoms with van der Waals surface area (Å²) in [4.78, 5) is 51.1. The summed E-state index contributed by atoms with van der Waals surface area (Å²) >= 11 is 0. The maximum absolute atomic E-state index is 13.8. The fraction of sp³-hybridized carbons (Fsp3) is 0.838. The molecule has 3 N–H and O–H groups in total. The molecule has 5 fully saturated rings. The smallest absolute Gasteiger partial charge is 0.338 e. The van der Waals surface area contributed by atoms with Gasteiger partial charge in [-0.2, -0.15) is 0 Å². The van der Waals surface area contributed by atoms with Gasteiger partial charge in [0.2, 0.25) is 0 Å². The van der Waals surface area contributed by atoms with Gasteiger partial charge in [-0.15, -0.1) is 0 Å². The number of fused-ring (bicyclic) bond motifs is 2. The first kappa shape index (κ1) is 36.4. The molecule has 2 saturated heterocycles. The minimum atomic E-state index is -1.90. The summed E-state index contributed by atoms with van der Waals surface area (Å²) < 4.78 is 30.5. The molecular weight excluding hydrogens is 636 g/mol. The van der Waals surface area contributed by atoms with E-state index in [9.17, 15) is 29.4 Å². The van der Waals surface area contributed by atoms with E-state index >= 15 is 0 Å². The highest BCUT2D eigenvalue weighted by molar-refractivity contribution is 5.90. The molecule has 6 aliphatic rings. The molecule has 274 valence electrons. The standard InChI is InChI=1S/C37H54O12/c1-20(2)26-15-23-16-34(18-38)25-14-13-21(3)24(25)17-35(23,36(26,34)33(43)44)19-46-32-29(41)37(30(45-5)22(4)47-32)48-27(31(42)49-37)11-9-7-6-8-10-12-28(39)40/h15,18,20-25,27,29-30,32,41H,6-14,16-17,19H2,1-5H3,(H,39,40)(H,43,44)/t21-,22-,23-,24?,25-,27?,29-,30-,32-,34-,35+,36+,37?/m1/s1. The van der Waals surface area contributed by atoms with Crippen LogP contribution < -0.4 is 0 Å². The highest BCUT2D eigenvalue weighted by atomic mass is 16.8. The monoisotopic (exact) mass is 690 g/mol. The van der Waals surface area contributed by atoms with Gasteiger partial charge >= 0.3 is 17.9 Å². The van der Waals surface area contributed by atoms with E-state index in [2.05, 4.69) is 13.0 Å². The molecular formula is C37H54O12. The van der Waals surface area contributed by atoms with Gasteiger partial charge < -0.3 is 43.8 Å². The van der Waals surface area contributed by atoms with Crippen molar-refractivity contribution in [3.05, 3.63) is 11.6 Å². The normalized spacial score (nSPS) is 45.1. The van der Waals surface area contributed by atoms with Crippen LogP contribution in [0, 0.1) is 45.8 Å². The van der Waals surface area contributed by atoms with Crippen LogP contribution in [0.5, 0.6) is 0 Å². The third kappa shape index (κ3) is 5.17. The topological polar surface area (TPSA) is 175 Å². The molecule has 49 heavy (non-hydrogen) atoms.